The molecule has 43 heavy (non-hydrogen) atoms. The van der Waals surface area contributed by atoms with E-state index < -0.39 is 0 Å². The van der Waals surface area contributed by atoms with E-state index in [2.05, 4.69) is 26.5 Å². The van der Waals surface area contributed by atoms with Gasteiger partial charge in [-0.2, -0.15) is 0 Å². The van der Waals surface area contributed by atoms with Crippen molar-refractivity contribution >= 4 is 23.4 Å². The van der Waals surface area contributed by atoms with Gasteiger partial charge in [0.05, 0.1) is 25.8 Å². The summed E-state index contributed by atoms with van der Waals surface area (Å²) in [5, 5.41) is 5.69. The Hall–Kier alpha value is -3.59. The molecular formula is C34H44N4O5. The van der Waals surface area contributed by atoms with Gasteiger partial charge < -0.3 is 24.6 Å². The quantitative estimate of drug-likeness (QED) is 0.448. The third-order valence-electron chi connectivity index (χ3n) is 10.3. The van der Waals surface area contributed by atoms with E-state index in [0.717, 1.165) is 75.4 Å². The van der Waals surface area contributed by atoms with Crippen molar-refractivity contribution in [3.05, 3.63) is 53.6 Å². The Labute approximate surface area is 254 Å². The molecule has 3 heterocycles. The molecule has 4 aliphatic rings. The number of benzene rings is 2. The minimum Gasteiger partial charge on any atom is -0.497 e. The number of piperidine rings is 3. The van der Waals surface area contributed by atoms with Crippen molar-refractivity contribution in [1.82, 2.24) is 15.5 Å². The molecule has 9 nitrogen and oxygen atoms in total. The summed E-state index contributed by atoms with van der Waals surface area (Å²) in [4.78, 5) is 41.7. The Balaban J connectivity index is 0.939. The van der Waals surface area contributed by atoms with Gasteiger partial charge in [-0.05, 0) is 105 Å². The Morgan fingerprint density at radius 2 is 1.74 bits per heavy atom. The number of hydrogen-bond donors (Lipinski definition) is 2. The average Bonchev–Trinajstić information content (AvgIpc) is 3.01. The van der Waals surface area contributed by atoms with E-state index in [0.29, 0.717) is 35.5 Å². The first-order chi connectivity index (χ1) is 20.8. The lowest BCUT2D eigenvalue weighted by atomic mass is 9.60. The minimum atomic E-state index is -0.307. The number of anilines is 1. The van der Waals surface area contributed by atoms with Gasteiger partial charge in [-0.15, -0.1) is 0 Å². The maximum atomic E-state index is 12.7. The van der Waals surface area contributed by atoms with Crippen molar-refractivity contribution in [2.45, 2.75) is 63.3 Å². The van der Waals surface area contributed by atoms with Crippen LogP contribution in [-0.2, 0) is 9.59 Å². The number of ether oxygens (including phenoxy) is 2. The number of rotatable bonds is 8. The number of amides is 3. The van der Waals surface area contributed by atoms with Gasteiger partial charge in [-0.1, -0.05) is 12.1 Å². The van der Waals surface area contributed by atoms with Crippen molar-refractivity contribution in [2.75, 3.05) is 51.8 Å². The molecule has 2 aromatic carbocycles. The highest BCUT2D eigenvalue weighted by molar-refractivity contribution is 6.01. The first kappa shape index (κ1) is 29.5. The summed E-state index contributed by atoms with van der Waals surface area (Å²) in [6, 6.07) is 13.7. The number of carbonyl (C=O) groups is 3. The predicted molar refractivity (Wildman–Crippen MR) is 165 cm³/mol. The second kappa shape index (κ2) is 12.6. The van der Waals surface area contributed by atoms with E-state index in [1.165, 1.54) is 12.8 Å². The first-order valence-electron chi connectivity index (χ1n) is 15.8. The molecule has 1 atom stereocenters. The number of imide groups is 1. The van der Waals surface area contributed by atoms with Crippen molar-refractivity contribution in [3.63, 3.8) is 0 Å². The van der Waals surface area contributed by atoms with Gasteiger partial charge >= 0.3 is 0 Å². The van der Waals surface area contributed by atoms with Crippen molar-refractivity contribution in [2.24, 2.45) is 11.3 Å². The molecular weight excluding hydrogens is 544 g/mol. The summed E-state index contributed by atoms with van der Waals surface area (Å²) < 4.78 is 11.0. The van der Waals surface area contributed by atoms with Crippen LogP contribution in [0.2, 0.25) is 0 Å². The molecule has 3 aliphatic heterocycles. The summed E-state index contributed by atoms with van der Waals surface area (Å²) in [6.07, 6.45) is 7.81. The molecule has 1 unspecified atom stereocenters. The molecule has 1 spiro atoms. The third kappa shape index (κ3) is 6.51. The van der Waals surface area contributed by atoms with Crippen LogP contribution >= 0.6 is 0 Å². The Morgan fingerprint density at radius 3 is 2.44 bits per heavy atom. The number of carbonyl (C=O) groups excluding carboxylic acids is 3. The molecule has 4 fully saturated rings. The molecule has 3 saturated heterocycles. The van der Waals surface area contributed by atoms with Crippen molar-refractivity contribution in [1.29, 1.82) is 0 Å². The predicted octanol–water partition coefficient (Wildman–Crippen LogP) is 4.12. The molecule has 3 amide bonds. The topological polar surface area (TPSA) is 100 Å². The molecule has 2 N–H and O–H groups in total. The molecule has 6 rings (SSSR count). The second-order valence-corrected chi connectivity index (χ2v) is 13.0. The van der Waals surface area contributed by atoms with E-state index in [4.69, 9.17) is 9.47 Å². The maximum absolute atomic E-state index is 12.7. The first-order valence-corrected chi connectivity index (χ1v) is 15.8. The summed E-state index contributed by atoms with van der Waals surface area (Å²) in [6.45, 7) is 5.43. The number of nitrogens with zero attached hydrogens (tertiary/aromatic N) is 2. The van der Waals surface area contributed by atoms with Gasteiger partial charge in [-0.25, -0.2) is 0 Å². The fourth-order valence-electron chi connectivity index (χ4n) is 7.64. The van der Waals surface area contributed by atoms with Gasteiger partial charge in [0.2, 0.25) is 11.8 Å². The molecule has 1 saturated carbocycles. The maximum Gasteiger partial charge on any atom is 0.251 e. The Kier molecular flexibility index (Phi) is 8.61. The number of methoxy groups -OCH3 is 2. The average molecular weight is 589 g/mol. The smallest absolute Gasteiger partial charge is 0.251 e. The number of nitrogens with one attached hydrogen (secondary N) is 2. The van der Waals surface area contributed by atoms with E-state index in [1.807, 2.05) is 30.3 Å². The number of likely N-dealkylation sites (tertiary alicyclic amines) is 1. The zero-order valence-corrected chi connectivity index (χ0v) is 25.4. The van der Waals surface area contributed by atoms with Gasteiger partial charge in [0.25, 0.3) is 5.91 Å². The van der Waals surface area contributed by atoms with Crippen molar-refractivity contribution in [3.8, 4) is 11.5 Å². The summed E-state index contributed by atoms with van der Waals surface area (Å²) in [5.74, 6) is 1.46. The van der Waals surface area contributed by atoms with Gasteiger partial charge in [0, 0.05) is 37.7 Å². The van der Waals surface area contributed by atoms with Crippen LogP contribution in [-0.4, -0.2) is 75.6 Å². The Morgan fingerprint density at radius 1 is 0.977 bits per heavy atom. The van der Waals surface area contributed by atoms with Crippen LogP contribution in [0.5, 0.6) is 11.5 Å². The molecule has 230 valence electrons. The van der Waals surface area contributed by atoms with E-state index in [1.54, 1.807) is 20.3 Å². The minimum absolute atomic E-state index is 0.00888. The molecule has 0 radical (unpaired) electrons. The fraction of sp³-hybridized carbons (Fsp3) is 0.559. The van der Waals surface area contributed by atoms with Crippen LogP contribution in [0.25, 0.3) is 0 Å². The lowest BCUT2D eigenvalue weighted by molar-refractivity contribution is -0.134. The molecule has 1 aliphatic carbocycles. The Bertz CT molecular complexity index is 1340. The highest BCUT2D eigenvalue weighted by atomic mass is 16.5. The van der Waals surface area contributed by atoms with Gasteiger partial charge in [-0.3, -0.25) is 19.7 Å². The van der Waals surface area contributed by atoms with Crippen LogP contribution in [0.3, 0.4) is 0 Å². The normalized spacial score (nSPS) is 23.0. The highest BCUT2D eigenvalue weighted by Crippen LogP contribution is 2.49. The standard InChI is InChI=1S/C34H44N4O5/c1-42-27-5-3-4-25(18-27)32(40)35-26-20-34(21-26)12-16-37(17-13-34)22-23-10-14-38(15-11-23)29-8-6-24(19-30(29)43-2)28-7-9-31(39)36-33(28)41/h3-6,8,18-19,23,26,28H,7,9-17,20-22H2,1-2H3,(H,35,40)(H,36,39,41). The summed E-state index contributed by atoms with van der Waals surface area (Å²) in [7, 11) is 3.30. The zero-order valence-electron chi connectivity index (χ0n) is 25.4. The van der Waals surface area contributed by atoms with E-state index in [-0.39, 0.29) is 29.7 Å². The second-order valence-electron chi connectivity index (χ2n) is 13.0. The van der Waals surface area contributed by atoms with E-state index >= 15 is 0 Å². The lowest BCUT2D eigenvalue weighted by Gasteiger charge is -2.52. The van der Waals surface area contributed by atoms with E-state index in [9.17, 15) is 14.4 Å². The highest BCUT2D eigenvalue weighted by Gasteiger charge is 2.46. The third-order valence-corrected chi connectivity index (χ3v) is 10.3. The van der Waals surface area contributed by atoms with Crippen LogP contribution in [0, 0.1) is 11.3 Å². The SMILES string of the molecule is COc1cccc(C(=O)NC2CC3(CCN(CC4CCN(c5ccc(C6CCC(=O)NC6=O)cc5OC)CC4)CC3)C2)c1. The zero-order chi connectivity index (χ0) is 30.0. The summed E-state index contributed by atoms with van der Waals surface area (Å²) in [5.41, 5.74) is 3.03. The van der Waals surface area contributed by atoms with Crippen LogP contribution in [0.1, 0.15) is 73.2 Å². The van der Waals surface area contributed by atoms with Crippen LogP contribution in [0.15, 0.2) is 42.5 Å². The van der Waals surface area contributed by atoms with Crippen LogP contribution in [0.4, 0.5) is 5.69 Å². The molecule has 0 aromatic heterocycles. The van der Waals surface area contributed by atoms with Crippen molar-refractivity contribution < 1.29 is 23.9 Å². The van der Waals surface area contributed by atoms with Gasteiger partial charge in [0.15, 0.2) is 0 Å². The van der Waals surface area contributed by atoms with Gasteiger partial charge in [0.1, 0.15) is 11.5 Å². The number of hydrogen-bond acceptors (Lipinski definition) is 7. The lowest BCUT2D eigenvalue weighted by Crippen LogP contribution is -2.55. The molecule has 2 aromatic rings. The molecule has 9 heteroatoms. The fourth-order valence-corrected chi connectivity index (χ4v) is 7.64. The summed E-state index contributed by atoms with van der Waals surface area (Å²) >= 11 is 0. The van der Waals surface area contributed by atoms with Crippen LogP contribution < -0.4 is 25.0 Å². The monoisotopic (exact) mass is 588 g/mol. The largest absolute Gasteiger partial charge is 0.497 e. The molecule has 0 bridgehead atoms.